The number of nitrogens with zero attached hydrogens (tertiary/aromatic N) is 3. The molecule has 0 bridgehead atoms. The molecule has 0 aliphatic carbocycles. The summed E-state index contributed by atoms with van der Waals surface area (Å²) in [6.07, 6.45) is 2.19. The van der Waals surface area contributed by atoms with Crippen LogP contribution in [0.5, 0.6) is 0 Å². The molecular formula is C16H23N3O3. The molecule has 2 fully saturated rings. The number of hydrogen-bond acceptors (Lipinski definition) is 4. The highest BCUT2D eigenvalue weighted by molar-refractivity contribution is 5.79. The SMILES string of the molecule is CC(=O)N1CCN(Cc2ccco2)C[C@]2(CC(=O)N(C)C2)C1. The molecule has 1 atom stereocenters. The van der Waals surface area contributed by atoms with Crippen LogP contribution in [0.25, 0.3) is 0 Å². The van der Waals surface area contributed by atoms with E-state index in [0.29, 0.717) is 26.1 Å². The van der Waals surface area contributed by atoms with Gasteiger partial charge in [-0.3, -0.25) is 14.5 Å². The van der Waals surface area contributed by atoms with Crippen LogP contribution in [0.1, 0.15) is 19.1 Å². The first-order valence-electron chi connectivity index (χ1n) is 7.72. The second-order valence-corrected chi connectivity index (χ2v) is 6.66. The Morgan fingerprint density at radius 2 is 2.14 bits per heavy atom. The van der Waals surface area contributed by atoms with E-state index in [-0.39, 0.29) is 17.2 Å². The summed E-state index contributed by atoms with van der Waals surface area (Å²) in [5, 5.41) is 0. The molecule has 0 unspecified atom stereocenters. The zero-order valence-corrected chi connectivity index (χ0v) is 13.2. The van der Waals surface area contributed by atoms with E-state index in [1.807, 2.05) is 24.1 Å². The molecule has 3 rings (SSSR count). The Balaban J connectivity index is 1.80. The fraction of sp³-hybridized carbons (Fsp3) is 0.625. The summed E-state index contributed by atoms with van der Waals surface area (Å²) in [5.74, 6) is 1.17. The molecule has 2 saturated heterocycles. The van der Waals surface area contributed by atoms with Crippen LogP contribution in [0.15, 0.2) is 22.8 Å². The maximum absolute atomic E-state index is 12.0. The lowest BCUT2D eigenvalue weighted by molar-refractivity contribution is -0.130. The first kappa shape index (κ1) is 15.1. The fourth-order valence-electron chi connectivity index (χ4n) is 3.69. The quantitative estimate of drug-likeness (QED) is 0.811. The molecule has 0 aromatic carbocycles. The van der Waals surface area contributed by atoms with Crippen molar-refractivity contribution in [2.75, 3.05) is 39.8 Å². The number of rotatable bonds is 2. The van der Waals surface area contributed by atoms with Crippen molar-refractivity contribution in [1.29, 1.82) is 0 Å². The molecule has 6 heteroatoms. The molecule has 6 nitrogen and oxygen atoms in total. The fourth-order valence-corrected chi connectivity index (χ4v) is 3.69. The van der Waals surface area contributed by atoms with E-state index in [1.165, 1.54) is 0 Å². The van der Waals surface area contributed by atoms with Gasteiger partial charge in [0.15, 0.2) is 0 Å². The van der Waals surface area contributed by atoms with E-state index >= 15 is 0 Å². The number of carbonyl (C=O) groups excluding carboxylic acids is 2. The Morgan fingerprint density at radius 3 is 2.73 bits per heavy atom. The molecule has 0 radical (unpaired) electrons. The highest BCUT2D eigenvalue weighted by atomic mass is 16.3. The summed E-state index contributed by atoms with van der Waals surface area (Å²) < 4.78 is 5.45. The predicted molar refractivity (Wildman–Crippen MR) is 80.9 cm³/mol. The van der Waals surface area contributed by atoms with Crippen LogP contribution < -0.4 is 0 Å². The molecule has 0 saturated carbocycles. The van der Waals surface area contributed by atoms with Crippen molar-refractivity contribution in [1.82, 2.24) is 14.7 Å². The Hall–Kier alpha value is -1.82. The smallest absolute Gasteiger partial charge is 0.223 e. The van der Waals surface area contributed by atoms with Gasteiger partial charge in [-0.05, 0) is 12.1 Å². The highest BCUT2D eigenvalue weighted by Gasteiger charge is 2.45. The highest BCUT2D eigenvalue weighted by Crippen LogP contribution is 2.34. The van der Waals surface area contributed by atoms with Crippen molar-refractivity contribution < 1.29 is 14.0 Å². The number of carbonyl (C=O) groups is 2. The second-order valence-electron chi connectivity index (χ2n) is 6.66. The second kappa shape index (κ2) is 5.76. The van der Waals surface area contributed by atoms with E-state index < -0.39 is 0 Å². The molecular weight excluding hydrogens is 282 g/mol. The van der Waals surface area contributed by atoms with Gasteiger partial charge in [0.2, 0.25) is 11.8 Å². The normalized spacial score (nSPS) is 26.7. The number of furan rings is 1. The minimum absolute atomic E-state index is 0.0845. The molecule has 0 N–H and O–H groups in total. The lowest BCUT2D eigenvalue weighted by Gasteiger charge is -2.33. The Kier molecular flexibility index (Phi) is 3.95. The molecule has 1 aromatic heterocycles. The summed E-state index contributed by atoms with van der Waals surface area (Å²) in [6.45, 7) is 6.02. The Bertz CT molecular complexity index is 557. The van der Waals surface area contributed by atoms with Gasteiger partial charge in [0.1, 0.15) is 5.76 Å². The van der Waals surface area contributed by atoms with Gasteiger partial charge in [-0.25, -0.2) is 0 Å². The summed E-state index contributed by atoms with van der Waals surface area (Å²) >= 11 is 0. The summed E-state index contributed by atoms with van der Waals surface area (Å²) in [5.41, 5.74) is -0.166. The van der Waals surface area contributed by atoms with Crippen molar-refractivity contribution in [3.63, 3.8) is 0 Å². The maximum atomic E-state index is 12.0. The van der Waals surface area contributed by atoms with Crippen molar-refractivity contribution in [2.45, 2.75) is 19.9 Å². The van der Waals surface area contributed by atoms with Crippen LogP contribution in [-0.2, 0) is 16.1 Å². The largest absolute Gasteiger partial charge is 0.468 e. The van der Waals surface area contributed by atoms with Gasteiger partial charge in [-0.2, -0.15) is 0 Å². The summed E-state index contributed by atoms with van der Waals surface area (Å²) in [4.78, 5) is 29.9. The van der Waals surface area contributed by atoms with Gasteiger partial charge < -0.3 is 14.2 Å². The molecule has 1 spiro atoms. The van der Waals surface area contributed by atoms with Crippen molar-refractivity contribution >= 4 is 11.8 Å². The number of hydrogen-bond donors (Lipinski definition) is 0. The lowest BCUT2D eigenvalue weighted by Crippen LogP contribution is -2.43. The Morgan fingerprint density at radius 1 is 1.32 bits per heavy atom. The molecule has 1 aromatic rings. The van der Waals surface area contributed by atoms with Gasteiger partial charge in [-0.1, -0.05) is 0 Å². The van der Waals surface area contributed by atoms with Crippen LogP contribution in [0.2, 0.25) is 0 Å². The van der Waals surface area contributed by atoms with Crippen molar-refractivity contribution in [3.8, 4) is 0 Å². The number of likely N-dealkylation sites (tertiary alicyclic amines) is 1. The van der Waals surface area contributed by atoms with Gasteiger partial charge in [0, 0.05) is 58.5 Å². The van der Waals surface area contributed by atoms with Crippen molar-refractivity contribution in [3.05, 3.63) is 24.2 Å². The van der Waals surface area contributed by atoms with Gasteiger partial charge in [0.25, 0.3) is 0 Å². The summed E-state index contributed by atoms with van der Waals surface area (Å²) in [6, 6.07) is 3.85. The van der Waals surface area contributed by atoms with E-state index in [9.17, 15) is 9.59 Å². The van der Waals surface area contributed by atoms with Crippen LogP contribution in [-0.4, -0.2) is 66.3 Å². The first-order valence-corrected chi connectivity index (χ1v) is 7.72. The molecule has 22 heavy (non-hydrogen) atoms. The van der Waals surface area contributed by atoms with Crippen molar-refractivity contribution in [2.24, 2.45) is 5.41 Å². The zero-order valence-electron chi connectivity index (χ0n) is 13.2. The molecule has 2 amide bonds. The third-order valence-electron chi connectivity index (χ3n) is 4.70. The third kappa shape index (κ3) is 3.02. The van der Waals surface area contributed by atoms with Gasteiger partial charge in [0.05, 0.1) is 12.8 Å². The maximum Gasteiger partial charge on any atom is 0.223 e. The minimum Gasteiger partial charge on any atom is -0.468 e. The van der Waals surface area contributed by atoms with Gasteiger partial charge >= 0.3 is 0 Å². The minimum atomic E-state index is -0.166. The average molecular weight is 305 g/mol. The van der Waals surface area contributed by atoms with Crippen LogP contribution in [0, 0.1) is 5.41 Å². The standard InChI is InChI=1S/C16H23N3O3/c1-13(20)19-6-5-18(9-14-4-3-7-22-14)11-16(12-19)8-15(21)17(2)10-16/h3-4,7H,5-6,8-12H2,1-2H3/t16-/m1/s1. The molecule has 2 aliphatic heterocycles. The summed E-state index contributed by atoms with van der Waals surface area (Å²) in [7, 11) is 1.84. The molecule has 3 heterocycles. The van der Waals surface area contributed by atoms with E-state index in [4.69, 9.17) is 4.42 Å². The van der Waals surface area contributed by atoms with Gasteiger partial charge in [-0.15, -0.1) is 0 Å². The lowest BCUT2D eigenvalue weighted by atomic mass is 9.86. The Labute approximate surface area is 130 Å². The first-order chi connectivity index (χ1) is 10.5. The molecule has 120 valence electrons. The third-order valence-corrected chi connectivity index (χ3v) is 4.70. The van der Waals surface area contributed by atoms with E-state index in [0.717, 1.165) is 25.4 Å². The average Bonchev–Trinajstić information content (AvgIpc) is 2.98. The predicted octanol–water partition coefficient (Wildman–Crippen LogP) is 0.792. The monoisotopic (exact) mass is 305 g/mol. The van der Waals surface area contributed by atoms with E-state index in [1.54, 1.807) is 18.1 Å². The topological polar surface area (TPSA) is 57.0 Å². The van der Waals surface area contributed by atoms with Crippen LogP contribution >= 0.6 is 0 Å². The zero-order chi connectivity index (χ0) is 15.7. The van der Waals surface area contributed by atoms with Crippen LogP contribution in [0.3, 0.4) is 0 Å². The molecule has 2 aliphatic rings. The van der Waals surface area contributed by atoms with E-state index in [2.05, 4.69) is 4.90 Å². The number of amides is 2. The van der Waals surface area contributed by atoms with Crippen LogP contribution in [0.4, 0.5) is 0 Å².